The van der Waals surface area contributed by atoms with E-state index < -0.39 is 4.92 Å². The third kappa shape index (κ3) is 3.73. The van der Waals surface area contributed by atoms with Crippen LogP contribution in [0, 0.1) is 16.0 Å². The van der Waals surface area contributed by atoms with Crippen molar-refractivity contribution in [3.05, 3.63) is 75.2 Å². The number of hydrogen-bond acceptors (Lipinski definition) is 5. The van der Waals surface area contributed by atoms with Crippen LogP contribution in [0.1, 0.15) is 21.2 Å². The highest BCUT2D eigenvalue weighted by molar-refractivity contribution is 7.20. The monoisotopic (exact) mass is 417 g/mol. The van der Waals surface area contributed by atoms with Gasteiger partial charge in [-0.15, -0.1) is 23.7 Å². The Morgan fingerprint density at radius 1 is 1.18 bits per heavy atom. The summed E-state index contributed by atoms with van der Waals surface area (Å²) >= 11 is 1.37. The summed E-state index contributed by atoms with van der Waals surface area (Å²) in [6.45, 7) is 1.80. The zero-order valence-electron chi connectivity index (χ0n) is 15.0. The number of benzene rings is 2. The first-order valence-corrected chi connectivity index (χ1v) is 9.60. The topological polar surface area (TPSA) is 89.5 Å². The third-order valence-electron chi connectivity index (χ3n) is 5.18. The molecule has 1 aliphatic rings. The van der Waals surface area contributed by atoms with Crippen LogP contribution >= 0.6 is 23.7 Å². The second-order valence-electron chi connectivity index (χ2n) is 6.81. The Bertz CT molecular complexity index is 1010. The SMILES string of the molecule is Cl.NC[C@@H]1CN(C(=O)c2cc3cc([N+](=O)[O-])ccc3s2)C[C@H]1c1ccccc1. The average molecular weight is 418 g/mol. The van der Waals surface area contributed by atoms with Crippen LogP contribution < -0.4 is 5.73 Å². The Morgan fingerprint density at radius 3 is 2.61 bits per heavy atom. The van der Waals surface area contributed by atoms with Gasteiger partial charge in [0.25, 0.3) is 11.6 Å². The van der Waals surface area contributed by atoms with Gasteiger partial charge in [0.15, 0.2) is 0 Å². The van der Waals surface area contributed by atoms with Gasteiger partial charge in [0.1, 0.15) is 0 Å². The fourth-order valence-corrected chi connectivity index (χ4v) is 4.77. The molecule has 0 saturated carbocycles. The van der Waals surface area contributed by atoms with Crippen molar-refractivity contribution in [2.45, 2.75) is 5.92 Å². The van der Waals surface area contributed by atoms with E-state index in [0.717, 1.165) is 10.1 Å². The summed E-state index contributed by atoms with van der Waals surface area (Å²) in [6.07, 6.45) is 0. The number of thiophene rings is 1. The van der Waals surface area contributed by atoms with Crippen molar-refractivity contribution in [1.82, 2.24) is 4.90 Å². The maximum atomic E-state index is 13.0. The van der Waals surface area contributed by atoms with Gasteiger partial charge in [-0.1, -0.05) is 30.3 Å². The molecule has 4 rings (SSSR count). The third-order valence-corrected chi connectivity index (χ3v) is 6.28. The summed E-state index contributed by atoms with van der Waals surface area (Å²) in [6, 6.07) is 16.6. The van der Waals surface area contributed by atoms with Crippen LogP contribution in [-0.2, 0) is 0 Å². The normalized spacial score (nSPS) is 18.8. The summed E-state index contributed by atoms with van der Waals surface area (Å²) in [4.78, 5) is 26.0. The molecule has 1 aromatic heterocycles. The minimum atomic E-state index is -0.421. The Hall–Kier alpha value is -2.48. The quantitative estimate of drug-likeness (QED) is 0.512. The van der Waals surface area contributed by atoms with E-state index in [2.05, 4.69) is 12.1 Å². The molecule has 0 spiro atoms. The van der Waals surface area contributed by atoms with Crippen molar-refractivity contribution in [3.63, 3.8) is 0 Å². The molecule has 0 aliphatic carbocycles. The lowest BCUT2D eigenvalue weighted by Gasteiger charge is -2.16. The maximum absolute atomic E-state index is 13.0. The number of amides is 1. The second kappa shape index (κ2) is 8.26. The first-order chi connectivity index (χ1) is 13.1. The van der Waals surface area contributed by atoms with Gasteiger partial charge in [-0.2, -0.15) is 0 Å². The van der Waals surface area contributed by atoms with Crippen molar-refractivity contribution in [2.24, 2.45) is 11.7 Å². The van der Waals surface area contributed by atoms with Crippen molar-refractivity contribution in [2.75, 3.05) is 19.6 Å². The largest absolute Gasteiger partial charge is 0.337 e. The minimum absolute atomic E-state index is 0. The number of carbonyl (C=O) groups excluding carboxylic acids is 1. The molecular weight excluding hydrogens is 398 g/mol. The van der Waals surface area contributed by atoms with Crippen LogP contribution in [0.25, 0.3) is 10.1 Å². The first kappa shape index (κ1) is 20.3. The number of rotatable bonds is 4. The predicted octanol–water partition coefficient (Wildman–Crippen LogP) is 4.05. The van der Waals surface area contributed by atoms with Gasteiger partial charge in [0.2, 0.25) is 0 Å². The molecule has 1 amide bonds. The van der Waals surface area contributed by atoms with Crippen LogP contribution in [0.15, 0.2) is 54.6 Å². The highest BCUT2D eigenvalue weighted by Gasteiger charge is 2.36. The van der Waals surface area contributed by atoms with Gasteiger partial charge in [-0.25, -0.2) is 0 Å². The van der Waals surface area contributed by atoms with E-state index in [1.165, 1.54) is 29.0 Å². The van der Waals surface area contributed by atoms with E-state index in [4.69, 9.17) is 5.73 Å². The van der Waals surface area contributed by atoms with Gasteiger partial charge in [0.05, 0.1) is 9.80 Å². The van der Waals surface area contributed by atoms with Gasteiger partial charge in [-0.3, -0.25) is 14.9 Å². The van der Waals surface area contributed by atoms with E-state index >= 15 is 0 Å². The fourth-order valence-electron chi connectivity index (χ4n) is 3.76. The summed E-state index contributed by atoms with van der Waals surface area (Å²) in [5, 5.41) is 11.7. The number of nitrogens with two attached hydrogens (primary N) is 1. The van der Waals surface area contributed by atoms with Gasteiger partial charge < -0.3 is 10.6 Å². The summed E-state index contributed by atoms with van der Waals surface area (Å²) in [7, 11) is 0. The number of nitrogens with zero attached hydrogens (tertiary/aromatic N) is 2. The molecule has 8 heteroatoms. The molecule has 0 bridgehead atoms. The highest BCUT2D eigenvalue weighted by atomic mass is 35.5. The molecule has 2 atom stereocenters. The highest BCUT2D eigenvalue weighted by Crippen LogP contribution is 2.35. The molecule has 2 aromatic carbocycles. The second-order valence-corrected chi connectivity index (χ2v) is 7.90. The Balaban J connectivity index is 0.00000225. The Labute approximate surface area is 172 Å². The standard InChI is InChI=1S/C20H19N3O3S.ClH/c21-10-15-11-22(12-17(15)13-4-2-1-3-5-13)20(24)19-9-14-8-16(23(25)26)6-7-18(14)27-19;/h1-9,15,17H,10-12,21H2;1H/t15-,17+;/m1./s1. The number of carbonyl (C=O) groups is 1. The number of nitro groups is 1. The summed E-state index contributed by atoms with van der Waals surface area (Å²) < 4.78 is 0.873. The van der Waals surface area contributed by atoms with Crippen molar-refractivity contribution < 1.29 is 9.72 Å². The fraction of sp³-hybridized carbons (Fsp3) is 0.250. The number of likely N-dealkylation sites (tertiary alicyclic amines) is 1. The number of fused-ring (bicyclic) bond motifs is 1. The van der Waals surface area contributed by atoms with Crippen molar-refractivity contribution >= 4 is 45.4 Å². The van der Waals surface area contributed by atoms with E-state index in [-0.39, 0.29) is 35.8 Å². The van der Waals surface area contributed by atoms with Crippen LogP contribution in [0.4, 0.5) is 5.69 Å². The van der Waals surface area contributed by atoms with Gasteiger partial charge in [-0.05, 0) is 30.2 Å². The molecule has 1 fully saturated rings. The smallest absolute Gasteiger partial charge is 0.270 e. The zero-order valence-corrected chi connectivity index (χ0v) is 16.6. The van der Waals surface area contributed by atoms with E-state index in [1.807, 2.05) is 23.1 Å². The van der Waals surface area contributed by atoms with E-state index in [0.29, 0.717) is 24.5 Å². The molecule has 1 aliphatic heterocycles. The molecule has 2 N–H and O–H groups in total. The molecule has 3 aromatic rings. The van der Waals surface area contributed by atoms with E-state index in [9.17, 15) is 14.9 Å². The molecule has 28 heavy (non-hydrogen) atoms. The van der Waals surface area contributed by atoms with Crippen LogP contribution in [-0.4, -0.2) is 35.4 Å². The lowest BCUT2D eigenvalue weighted by molar-refractivity contribution is -0.384. The van der Waals surface area contributed by atoms with Crippen LogP contribution in [0.3, 0.4) is 0 Å². The molecule has 2 heterocycles. The molecular formula is C20H20ClN3O3S. The van der Waals surface area contributed by atoms with E-state index in [1.54, 1.807) is 12.1 Å². The molecule has 6 nitrogen and oxygen atoms in total. The predicted molar refractivity (Wildman–Crippen MR) is 113 cm³/mol. The Kier molecular flexibility index (Phi) is 5.98. The van der Waals surface area contributed by atoms with Crippen LogP contribution in [0.2, 0.25) is 0 Å². The molecule has 1 saturated heterocycles. The number of hydrogen-bond donors (Lipinski definition) is 1. The summed E-state index contributed by atoms with van der Waals surface area (Å²) in [5.41, 5.74) is 7.21. The molecule has 0 radical (unpaired) electrons. The molecule has 146 valence electrons. The number of halogens is 1. The molecule has 0 unspecified atom stereocenters. The number of nitro benzene ring substituents is 1. The summed E-state index contributed by atoms with van der Waals surface area (Å²) in [5.74, 6) is 0.429. The first-order valence-electron chi connectivity index (χ1n) is 8.79. The van der Waals surface area contributed by atoms with Gasteiger partial charge in [0, 0.05) is 41.2 Å². The maximum Gasteiger partial charge on any atom is 0.270 e. The lowest BCUT2D eigenvalue weighted by Crippen LogP contribution is -2.29. The Morgan fingerprint density at radius 2 is 1.93 bits per heavy atom. The minimum Gasteiger partial charge on any atom is -0.337 e. The number of non-ortho nitro benzene ring substituents is 1. The average Bonchev–Trinajstić information content (AvgIpc) is 3.31. The van der Waals surface area contributed by atoms with Crippen molar-refractivity contribution in [1.29, 1.82) is 0 Å². The zero-order chi connectivity index (χ0) is 19.0. The van der Waals surface area contributed by atoms with Crippen LogP contribution in [0.5, 0.6) is 0 Å². The van der Waals surface area contributed by atoms with Gasteiger partial charge >= 0.3 is 0 Å². The lowest BCUT2D eigenvalue weighted by atomic mass is 9.89. The van der Waals surface area contributed by atoms with Crippen molar-refractivity contribution in [3.8, 4) is 0 Å².